The molecule has 1 aliphatic heterocycles. The number of amides is 1. The van der Waals surface area contributed by atoms with Crippen molar-refractivity contribution in [3.63, 3.8) is 0 Å². The molecule has 2 aromatic rings. The Morgan fingerprint density at radius 3 is 2.90 bits per heavy atom. The summed E-state index contributed by atoms with van der Waals surface area (Å²) in [5, 5.41) is 3.05. The maximum Gasteiger partial charge on any atom is 0.253 e. The van der Waals surface area contributed by atoms with Gasteiger partial charge in [-0.15, -0.1) is 0 Å². The highest BCUT2D eigenvalue weighted by molar-refractivity contribution is 5.99. The molecule has 0 radical (unpaired) electrons. The molecule has 1 amide bonds. The summed E-state index contributed by atoms with van der Waals surface area (Å²) >= 11 is 0. The molecular weight excluding hydrogens is 264 g/mol. The van der Waals surface area contributed by atoms with Crippen LogP contribution in [0.3, 0.4) is 0 Å². The lowest BCUT2D eigenvalue weighted by Gasteiger charge is -2.26. The number of hydrogen-bond donors (Lipinski definition) is 2. The first-order valence-electron chi connectivity index (χ1n) is 7.04. The average molecular weight is 282 g/mol. The van der Waals surface area contributed by atoms with E-state index in [1.807, 2.05) is 43.3 Å². The summed E-state index contributed by atoms with van der Waals surface area (Å²) in [7, 11) is 0. The van der Waals surface area contributed by atoms with Crippen molar-refractivity contribution in [2.75, 3.05) is 12.3 Å². The minimum Gasteiger partial charge on any atom is -0.493 e. The predicted molar refractivity (Wildman–Crippen MR) is 82.4 cm³/mol. The first kappa shape index (κ1) is 13.5. The number of hydrogen-bond acceptors (Lipinski definition) is 3. The number of nitrogens with two attached hydrogens (primary N) is 1. The number of anilines is 1. The molecule has 3 rings (SSSR count). The predicted octanol–water partition coefficient (Wildman–Crippen LogP) is 2.83. The molecule has 0 saturated heterocycles. The van der Waals surface area contributed by atoms with Crippen LogP contribution < -0.4 is 15.8 Å². The summed E-state index contributed by atoms with van der Waals surface area (Å²) in [5.74, 6) is 0.695. The number of aryl methyl sites for hydroxylation is 1. The first-order chi connectivity index (χ1) is 10.1. The molecule has 21 heavy (non-hydrogen) atoms. The third-order valence-corrected chi connectivity index (χ3v) is 3.72. The van der Waals surface area contributed by atoms with Gasteiger partial charge in [0, 0.05) is 17.7 Å². The normalized spacial score (nSPS) is 16.7. The molecule has 108 valence electrons. The van der Waals surface area contributed by atoms with Crippen molar-refractivity contribution in [3.05, 3.63) is 59.2 Å². The van der Waals surface area contributed by atoms with E-state index in [9.17, 15) is 4.79 Å². The first-order valence-corrected chi connectivity index (χ1v) is 7.04. The van der Waals surface area contributed by atoms with Crippen LogP contribution in [0.25, 0.3) is 0 Å². The Morgan fingerprint density at radius 2 is 2.10 bits per heavy atom. The average Bonchev–Trinajstić information content (AvgIpc) is 2.47. The van der Waals surface area contributed by atoms with E-state index in [2.05, 4.69) is 5.32 Å². The minimum atomic E-state index is -0.144. The maximum atomic E-state index is 12.4. The van der Waals surface area contributed by atoms with Gasteiger partial charge in [-0.25, -0.2) is 0 Å². The molecule has 4 heteroatoms. The lowest BCUT2D eigenvalue weighted by atomic mass is 10.00. The highest BCUT2D eigenvalue weighted by Crippen LogP contribution is 2.31. The summed E-state index contributed by atoms with van der Waals surface area (Å²) in [6, 6.07) is 13.2. The van der Waals surface area contributed by atoms with Gasteiger partial charge in [0.2, 0.25) is 0 Å². The van der Waals surface area contributed by atoms with Gasteiger partial charge in [-0.05, 0) is 30.7 Å². The van der Waals surface area contributed by atoms with Crippen LogP contribution in [-0.4, -0.2) is 12.5 Å². The number of nitrogen functional groups attached to an aromatic ring is 1. The van der Waals surface area contributed by atoms with E-state index in [4.69, 9.17) is 10.5 Å². The monoisotopic (exact) mass is 282 g/mol. The fourth-order valence-electron chi connectivity index (χ4n) is 2.62. The van der Waals surface area contributed by atoms with Crippen LogP contribution in [-0.2, 0) is 0 Å². The number of para-hydroxylation sites is 1. The molecule has 0 bridgehead atoms. The second-order valence-electron chi connectivity index (χ2n) is 5.29. The van der Waals surface area contributed by atoms with E-state index in [1.165, 1.54) is 0 Å². The molecule has 0 saturated carbocycles. The molecule has 0 aliphatic carbocycles. The van der Waals surface area contributed by atoms with Crippen molar-refractivity contribution in [2.45, 2.75) is 19.4 Å². The topological polar surface area (TPSA) is 64.3 Å². The molecule has 0 aromatic heterocycles. The van der Waals surface area contributed by atoms with Gasteiger partial charge in [-0.1, -0.05) is 24.3 Å². The van der Waals surface area contributed by atoms with E-state index >= 15 is 0 Å². The Kier molecular flexibility index (Phi) is 3.52. The van der Waals surface area contributed by atoms with E-state index in [-0.39, 0.29) is 11.9 Å². The number of carbonyl (C=O) groups excluding carboxylic acids is 1. The van der Waals surface area contributed by atoms with Gasteiger partial charge >= 0.3 is 0 Å². The number of carbonyl (C=O) groups is 1. The molecule has 4 nitrogen and oxygen atoms in total. The minimum absolute atomic E-state index is 0.0387. The summed E-state index contributed by atoms with van der Waals surface area (Å²) in [6.07, 6.45) is 0.758. The van der Waals surface area contributed by atoms with Gasteiger partial charge < -0.3 is 15.8 Å². The standard InChI is InChI=1S/C17H18N2O2/c1-11-6-7-12(14(18)10-11)17(20)19-15-8-9-21-16-5-3-2-4-13(15)16/h2-7,10,15H,8-9,18H2,1H3,(H,19,20). The molecule has 1 atom stereocenters. The van der Waals surface area contributed by atoms with Crippen molar-refractivity contribution in [1.82, 2.24) is 5.32 Å². The molecule has 1 heterocycles. The van der Waals surface area contributed by atoms with Gasteiger partial charge in [0.15, 0.2) is 0 Å². The molecule has 3 N–H and O–H groups in total. The summed E-state index contributed by atoms with van der Waals surface area (Å²) in [6.45, 7) is 2.55. The lowest BCUT2D eigenvalue weighted by molar-refractivity contribution is 0.0925. The Balaban J connectivity index is 1.83. The van der Waals surface area contributed by atoms with E-state index in [0.29, 0.717) is 17.9 Å². The van der Waals surface area contributed by atoms with Gasteiger partial charge in [0.05, 0.1) is 18.2 Å². The zero-order valence-electron chi connectivity index (χ0n) is 11.9. The Bertz CT molecular complexity index is 682. The van der Waals surface area contributed by atoms with Crippen LogP contribution in [0.2, 0.25) is 0 Å². The van der Waals surface area contributed by atoms with Gasteiger partial charge in [-0.2, -0.15) is 0 Å². The Morgan fingerprint density at radius 1 is 1.29 bits per heavy atom. The van der Waals surface area contributed by atoms with Gasteiger partial charge in [0.25, 0.3) is 5.91 Å². The van der Waals surface area contributed by atoms with E-state index in [1.54, 1.807) is 6.07 Å². The van der Waals surface area contributed by atoms with Crippen LogP contribution in [0.1, 0.15) is 33.9 Å². The third-order valence-electron chi connectivity index (χ3n) is 3.72. The van der Waals surface area contributed by atoms with Crippen molar-refractivity contribution in [2.24, 2.45) is 0 Å². The molecular formula is C17H18N2O2. The van der Waals surface area contributed by atoms with Crippen LogP contribution >= 0.6 is 0 Å². The molecule has 2 aromatic carbocycles. The fourth-order valence-corrected chi connectivity index (χ4v) is 2.62. The number of fused-ring (bicyclic) bond motifs is 1. The van der Waals surface area contributed by atoms with E-state index < -0.39 is 0 Å². The summed E-state index contributed by atoms with van der Waals surface area (Å²) in [5.41, 5.74) is 9.02. The van der Waals surface area contributed by atoms with Crippen LogP contribution in [0.4, 0.5) is 5.69 Å². The fraction of sp³-hybridized carbons (Fsp3) is 0.235. The molecule has 1 unspecified atom stereocenters. The van der Waals surface area contributed by atoms with Crippen molar-refractivity contribution < 1.29 is 9.53 Å². The number of nitrogens with one attached hydrogen (secondary N) is 1. The highest BCUT2D eigenvalue weighted by atomic mass is 16.5. The smallest absolute Gasteiger partial charge is 0.253 e. The highest BCUT2D eigenvalue weighted by Gasteiger charge is 2.23. The van der Waals surface area contributed by atoms with Crippen LogP contribution in [0.15, 0.2) is 42.5 Å². The van der Waals surface area contributed by atoms with Crippen molar-refractivity contribution >= 4 is 11.6 Å². The molecule has 0 spiro atoms. The number of rotatable bonds is 2. The van der Waals surface area contributed by atoms with Crippen molar-refractivity contribution in [3.8, 4) is 5.75 Å². The van der Waals surface area contributed by atoms with Gasteiger partial charge in [-0.3, -0.25) is 4.79 Å². The second-order valence-corrected chi connectivity index (χ2v) is 5.29. The summed E-state index contributed by atoms with van der Waals surface area (Å²) in [4.78, 5) is 12.4. The van der Waals surface area contributed by atoms with Crippen LogP contribution in [0, 0.1) is 6.92 Å². The zero-order chi connectivity index (χ0) is 14.8. The van der Waals surface area contributed by atoms with Crippen molar-refractivity contribution in [1.29, 1.82) is 0 Å². The molecule has 0 fully saturated rings. The molecule has 1 aliphatic rings. The number of benzene rings is 2. The zero-order valence-corrected chi connectivity index (χ0v) is 11.9. The quantitative estimate of drug-likeness (QED) is 0.832. The summed E-state index contributed by atoms with van der Waals surface area (Å²) < 4.78 is 5.60. The van der Waals surface area contributed by atoms with Crippen LogP contribution in [0.5, 0.6) is 5.75 Å². The third kappa shape index (κ3) is 2.70. The van der Waals surface area contributed by atoms with Gasteiger partial charge in [0.1, 0.15) is 5.75 Å². The number of ether oxygens (including phenoxy) is 1. The maximum absolute atomic E-state index is 12.4. The Hall–Kier alpha value is -2.49. The Labute approximate surface area is 123 Å². The van der Waals surface area contributed by atoms with E-state index in [0.717, 1.165) is 23.3 Å². The lowest BCUT2D eigenvalue weighted by Crippen LogP contribution is -2.32. The largest absolute Gasteiger partial charge is 0.493 e. The second kappa shape index (κ2) is 5.48. The SMILES string of the molecule is Cc1ccc(C(=O)NC2CCOc3ccccc32)c(N)c1.